The van der Waals surface area contributed by atoms with E-state index in [1.807, 2.05) is 24.3 Å². The minimum atomic E-state index is -0.353. The van der Waals surface area contributed by atoms with Crippen LogP contribution in [-0.2, 0) is 0 Å². The maximum Gasteiger partial charge on any atom is 0.157 e. The number of aliphatic hydroxyl groups excluding tert-OH is 1. The third-order valence-corrected chi connectivity index (χ3v) is 3.46. The number of ether oxygens (including phenoxy) is 1. The third-order valence-electron chi connectivity index (χ3n) is 3.46. The van der Waals surface area contributed by atoms with E-state index in [-0.39, 0.29) is 30.1 Å². The number of rotatable bonds is 2. The lowest BCUT2D eigenvalue weighted by molar-refractivity contribution is 0.159. The Balaban J connectivity index is 2.00. The van der Waals surface area contributed by atoms with Gasteiger partial charge in [-0.25, -0.2) is 0 Å². The molecule has 1 aliphatic heterocycles. The fourth-order valence-electron chi connectivity index (χ4n) is 2.49. The molecular formula is C15H14O4. The maximum absolute atomic E-state index is 9.58. The Morgan fingerprint density at radius 1 is 1.00 bits per heavy atom. The molecule has 0 amide bonds. The zero-order chi connectivity index (χ0) is 13.4. The van der Waals surface area contributed by atoms with Crippen LogP contribution in [0, 0.1) is 0 Å². The number of fused-ring (bicyclic) bond motifs is 1. The number of hydrogen-bond acceptors (Lipinski definition) is 4. The molecule has 0 fully saturated rings. The highest BCUT2D eigenvalue weighted by atomic mass is 16.5. The van der Waals surface area contributed by atoms with Crippen molar-refractivity contribution in [3.8, 4) is 17.2 Å². The van der Waals surface area contributed by atoms with E-state index in [4.69, 9.17) is 4.74 Å². The Morgan fingerprint density at radius 2 is 1.79 bits per heavy atom. The smallest absolute Gasteiger partial charge is 0.157 e. The van der Waals surface area contributed by atoms with Crippen LogP contribution in [0.4, 0.5) is 0 Å². The van der Waals surface area contributed by atoms with Crippen LogP contribution in [0.1, 0.15) is 23.1 Å². The summed E-state index contributed by atoms with van der Waals surface area (Å²) in [7, 11) is 0. The van der Waals surface area contributed by atoms with Gasteiger partial charge in [0.2, 0.25) is 0 Å². The van der Waals surface area contributed by atoms with Crippen molar-refractivity contribution in [2.75, 3.05) is 6.61 Å². The van der Waals surface area contributed by atoms with Crippen LogP contribution in [0.15, 0.2) is 42.5 Å². The van der Waals surface area contributed by atoms with Gasteiger partial charge >= 0.3 is 0 Å². The van der Waals surface area contributed by atoms with Gasteiger partial charge in [-0.2, -0.15) is 0 Å². The van der Waals surface area contributed by atoms with Gasteiger partial charge in [0.25, 0.3) is 0 Å². The van der Waals surface area contributed by atoms with Crippen LogP contribution in [0.3, 0.4) is 0 Å². The molecule has 1 heterocycles. The van der Waals surface area contributed by atoms with E-state index in [2.05, 4.69) is 0 Å². The van der Waals surface area contributed by atoms with E-state index in [1.165, 1.54) is 12.1 Å². The molecule has 0 spiro atoms. The first-order valence-corrected chi connectivity index (χ1v) is 6.09. The lowest BCUT2D eigenvalue weighted by Crippen LogP contribution is -2.13. The highest BCUT2D eigenvalue weighted by molar-refractivity contribution is 5.47. The molecule has 2 unspecified atom stereocenters. The molecule has 0 radical (unpaired) electrons. The normalized spacial score (nSPS) is 20.9. The van der Waals surface area contributed by atoms with Gasteiger partial charge in [-0.05, 0) is 23.8 Å². The quantitative estimate of drug-likeness (QED) is 0.723. The van der Waals surface area contributed by atoms with Gasteiger partial charge in [0.05, 0.1) is 12.5 Å². The molecule has 4 heteroatoms. The summed E-state index contributed by atoms with van der Waals surface area (Å²) in [5.41, 5.74) is 1.69. The van der Waals surface area contributed by atoms with Crippen LogP contribution in [0.2, 0.25) is 0 Å². The predicted molar refractivity (Wildman–Crippen MR) is 69.4 cm³/mol. The number of aromatic hydroxyl groups is 2. The van der Waals surface area contributed by atoms with Crippen LogP contribution >= 0.6 is 0 Å². The summed E-state index contributed by atoms with van der Waals surface area (Å²) in [6.07, 6.45) is -0.353. The van der Waals surface area contributed by atoms with Gasteiger partial charge in [0.1, 0.15) is 11.9 Å². The summed E-state index contributed by atoms with van der Waals surface area (Å²) >= 11 is 0. The van der Waals surface area contributed by atoms with Gasteiger partial charge in [-0.15, -0.1) is 0 Å². The Morgan fingerprint density at radius 3 is 2.53 bits per heavy atom. The SMILES string of the molecule is OCC1c2ccccc2OC1c1ccc(O)c(O)c1. The van der Waals surface area contributed by atoms with Gasteiger partial charge < -0.3 is 20.1 Å². The second-order valence-electron chi connectivity index (χ2n) is 4.61. The van der Waals surface area contributed by atoms with Crippen LogP contribution < -0.4 is 4.74 Å². The Kier molecular flexibility index (Phi) is 2.80. The number of aliphatic hydroxyl groups is 1. The first-order chi connectivity index (χ1) is 9.20. The Labute approximate surface area is 110 Å². The third kappa shape index (κ3) is 1.90. The Hall–Kier alpha value is -2.20. The summed E-state index contributed by atoms with van der Waals surface area (Å²) in [5.74, 6) is 0.229. The molecule has 4 nitrogen and oxygen atoms in total. The molecule has 0 saturated heterocycles. The molecule has 2 aromatic carbocycles. The maximum atomic E-state index is 9.58. The monoisotopic (exact) mass is 258 g/mol. The van der Waals surface area contributed by atoms with Crippen molar-refractivity contribution in [1.82, 2.24) is 0 Å². The van der Waals surface area contributed by atoms with Crippen LogP contribution in [0.5, 0.6) is 17.2 Å². The fraction of sp³-hybridized carbons (Fsp3) is 0.200. The molecule has 0 bridgehead atoms. The van der Waals surface area contributed by atoms with E-state index in [0.29, 0.717) is 0 Å². The van der Waals surface area contributed by atoms with E-state index in [1.54, 1.807) is 6.07 Å². The zero-order valence-corrected chi connectivity index (χ0v) is 10.2. The average molecular weight is 258 g/mol. The second-order valence-corrected chi connectivity index (χ2v) is 4.61. The molecule has 98 valence electrons. The second kappa shape index (κ2) is 4.48. The summed E-state index contributed by atoms with van der Waals surface area (Å²) in [5, 5.41) is 28.5. The number of para-hydroxylation sites is 1. The van der Waals surface area contributed by atoms with Gasteiger partial charge in [-0.1, -0.05) is 24.3 Å². The average Bonchev–Trinajstić information content (AvgIpc) is 2.80. The minimum Gasteiger partial charge on any atom is -0.504 e. The van der Waals surface area contributed by atoms with E-state index < -0.39 is 0 Å². The van der Waals surface area contributed by atoms with Crippen molar-refractivity contribution in [3.05, 3.63) is 53.6 Å². The van der Waals surface area contributed by atoms with Crippen LogP contribution in [0.25, 0.3) is 0 Å². The van der Waals surface area contributed by atoms with E-state index in [9.17, 15) is 15.3 Å². The van der Waals surface area contributed by atoms with Crippen molar-refractivity contribution >= 4 is 0 Å². The molecule has 0 aromatic heterocycles. The van der Waals surface area contributed by atoms with Crippen molar-refractivity contribution in [2.24, 2.45) is 0 Å². The number of hydrogen-bond donors (Lipinski definition) is 3. The molecule has 0 saturated carbocycles. The largest absolute Gasteiger partial charge is 0.504 e. The summed E-state index contributed by atoms with van der Waals surface area (Å²) in [4.78, 5) is 0. The standard InChI is InChI=1S/C15H14O4/c16-8-11-10-3-1-2-4-14(10)19-15(11)9-5-6-12(17)13(18)7-9/h1-7,11,15-18H,8H2. The highest BCUT2D eigenvalue weighted by Crippen LogP contribution is 2.46. The van der Waals surface area contributed by atoms with Gasteiger partial charge in [0, 0.05) is 5.56 Å². The van der Waals surface area contributed by atoms with E-state index in [0.717, 1.165) is 16.9 Å². The molecule has 3 N–H and O–H groups in total. The summed E-state index contributed by atoms with van der Waals surface area (Å²) in [6.45, 7) is -0.0384. The van der Waals surface area contributed by atoms with Gasteiger partial charge in [0.15, 0.2) is 11.5 Å². The molecule has 2 atom stereocenters. The first kappa shape index (κ1) is 11.9. The lowest BCUT2D eigenvalue weighted by atomic mass is 9.92. The lowest BCUT2D eigenvalue weighted by Gasteiger charge is -2.18. The molecular weight excluding hydrogens is 244 g/mol. The van der Waals surface area contributed by atoms with Crippen molar-refractivity contribution < 1.29 is 20.1 Å². The molecule has 19 heavy (non-hydrogen) atoms. The van der Waals surface area contributed by atoms with Crippen molar-refractivity contribution in [3.63, 3.8) is 0 Å². The topological polar surface area (TPSA) is 69.9 Å². The summed E-state index contributed by atoms with van der Waals surface area (Å²) in [6, 6.07) is 12.1. The Bertz CT molecular complexity index is 609. The molecule has 2 aromatic rings. The summed E-state index contributed by atoms with van der Waals surface area (Å²) < 4.78 is 5.84. The van der Waals surface area contributed by atoms with Crippen molar-refractivity contribution in [2.45, 2.75) is 12.0 Å². The minimum absolute atomic E-state index is 0.0384. The van der Waals surface area contributed by atoms with Gasteiger partial charge in [-0.3, -0.25) is 0 Å². The number of phenolic OH excluding ortho intramolecular Hbond substituents is 2. The fourth-order valence-corrected chi connectivity index (χ4v) is 2.49. The predicted octanol–water partition coefficient (Wildman–Crippen LogP) is 2.31. The van der Waals surface area contributed by atoms with E-state index >= 15 is 0 Å². The molecule has 3 rings (SSSR count). The zero-order valence-electron chi connectivity index (χ0n) is 10.2. The van der Waals surface area contributed by atoms with Crippen molar-refractivity contribution in [1.29, 1.82) is 0 Å². The highest BCUT2D eigenvalue weighted by Gasteiger charge is 2.35. The number of benzene rings is 2. The first-order valence-electron chi connectivity index (χ1n) is 6.09. The molecule has 0 aliphatic carbocycles. The molecule has 1 aliphatic rings. The van der Waals surface area contributed by atoms with Crippen LogP contribution in [-0.4, -0.2) is 21.9 Å². The number of phenols is 2.